The summed E-state index contributed by atoms with van der Waals surface area (Å²) in [5, 5.41) is 6.99. The lowest BCUT2D eigenvalue weighted by Crippen LogP contribution is -1.92. The van der Waals surface area contributed by atoms with Crippen molar-refractivity contribution in [1.29, 1.82) is 0 Å². The van der Waals surface area contributed by atoms with Crippen LogP contribution >= 0.6 is 0 Å². The van der Waals surface area contributed by atoms with E-state index in [0.29, 0.717) is 12.1 Å². The van der Waals surface area contributed by atoms with Crippen molar-refractivity contribution in [3.8, 4) is 0 Å². The van der Waals surface area contributed by atoms with Gasteiger partial charge in [0, 0.05) is 6.21 Å². The number of hydrogen-bond donors (Lipinski definition) is 0. The molecule has 1 heterocycles. The van der Waals surface area contributed by atoms with Crippen LogP contribution in [0.5, 0.6) is 0 Å². The van der Waals surface area contributed by atoms with Gasteiger partial charge in [0.2, 0.25) is 0 Å². The smallest absolute Gasteiger partial charge is 0.0990 e. The highest BCUT2D eigenvalue weighted by molar-refractivity contribution is 5.58. The number of benzene rings is 3. The maximum absolute atomic E-state index is 4.77. The summed E-state index contributed by atoms with van der Waals surface area (Å²) >= 11 is 0. The highest BCUT2D eigenvalue weighted by Crippen LogP contribution is 2.54. The first-order valence-electron chi connectivity index (χ1n) is 8.88. The van der Waals surface area contributed by atoms with Gasteiger partial charge in [0.15, 0.2) is 0 Å². The molecule has 2 atom stereocenters. The zero-order valence-corrected chi connectivity index (χ0v) is 14.2. The van der Waals surface area contributed by atoms with Gasteiger partial charge in [-0.2, -0.15) is 5.10 Å². The van der Waals surface area contributed by atoms with Crippen molar-refractivity contribution in [2.24, 2.45) is 5.10 Å². The van der Waals surface area contributed by atoms with Crippen LogP contribution in [0.2, 0.25) is 0 Å². The molecule has 0 aliphatic carbocycles. The van der Waals surface area contributed by atoms with Gasteiger partial charge in [0.25, 0.3) is 0 Å². The zero-order chi connectivity index (χ0) is 16.9. The van der Waals surface area contributed by atoms with E-state index in [0.717, 1.165) is 12.8 Å². The van der Waals surface area contributed by atoms with E-state index in [2.05, 4.69) is 102 Å². The summed E-state index contributed by atoms with van der Waals surface area (Å²) < 4.78 is 0. The molecule has 0 spiro atoms. The molecule has 3 aromatic carbocycles. The molecule has 1 aliphatic rings. The number of hydrazone groups is 1. The molecule has 0 bridgehead atoms. The summed E-state index contributed by atoms with van der Waals surface area (Å²) in [4.78, 5) is 0. The highest BCUT2D eigenvalue weighted by Gasteiger charge is 2.49. The van der Waals surface area contributed by atoms with Gasteiger partial charge >= 0.3 is 0 Å². The molecule has 2 heteroatoms. The molecule has 0 aromatic heterocycles. The average Bonchev–Trinajstić information content (AvgIpc) is 3.42. The molecule has 0 radical (unpaired) electrons. The molecular weight excluding hydrogens is 304 g/mol. The number of rotatable bonds is 6. The molecule has 1 saturated heterocycles. The van der Waals surface area contributed by atoms with E-state index in [4.69, 9.17) is 5.10 Å². The molecule has 0 N–H and O–H groups in total. The first kappa shape index (κ1) is 15.6. The second-order valence-corrected chi connectivity index (χ2v) is 6.41. The molecule has 124 valence electrons. The molecule has 0 amide bonds. The summed E-state index contributed by atoms with van der Waals surface area (Å²) in [5.41, 5.74) is 4.02. The first-order chi connectivity index (χ1) is 12.4. The van der Waals surface area contributed by atoms with Crippen molar-refractivity contribution >= 4 is 6.21 Å². The van der Waals surface area contributed by atoms with Crippen LogP contribution in [0.15, 0.2) is 96.1 Å². The summed E-state index contributed by atoms with van der Waals surface area (Å²) in [6, 6.07) is 32.6. The van der Waals surface area contributed by atoms with Crippen molar-refractivity contribution in [2.45, 2.75) is 24.9 Å². The van der Waals surface area contributed by atoms with Crippen LogP contribution in [0.1, 0.15) is 35.2 Å². The summed E-state index contributed by atoms with van der Waals surface area (Å²) in [5.74, 6) is 0. The van der Waals surface area contributed by atoms with Gasteiger partial charge < -0.3 is 0 Å². The van der Waals surface area contributed by atoms with Crippen molar-refractivity contribution < 1.29 is 0 Å². The van der Waals surface area contributed by atoms with Gasteiger partial charge in [-0.1, -0.05) is 91.0 Å². The lowest BCUT2D eigenvalue weighted by atomic mass is 10.0. The van der Waals surface area contributed by atoms with E-state index in [1.54, 1.807) is 0 Å². The van der Waals surface area contributed by atoms with E-state index in [1.165, 1.54) is 16.7 Å². The maximum atomic E-state index is 4.77. The molecule has 25 heavy (non-hydrogen) atoms. The quantitative estimate of drug-likeness (QED) is 0.437. The van der Waals surface area contributed by atoms with Crippen molar-refractivity contribution in [3.63, 3.8) is 0 Å². The maximum Gasteiger partial charge on any atom is 0.0990 e. The minimum atomic E-state index is 0.344. The van der Waals surface area contributed by atoms with Crippen LogP contribution in [-0.2, 0) is 6.42 Å². The Balaban J connectivity index is 1.46. The van der Waals surface area contributed by atoms with Crippen LogP contribution < -0.4 is 0 Å². The fourth-order valence-electron chi connectivity index (χ4n) is 3.36. The van der Waals surface area contributed by atoms with Crippen LogP contribution in [0.4, 0.5) is 0 Å². The third-order valence-electron chi connectivity index (χ3n) is 4.68. The monoisotopic (exact) mass is 326 g/mol. The van der Waals surface area contributed by atoms with E-state index in [9.17, 15) is 0 Å². The molecule has 0 unspecified atom stereocenters. The molecule has 0 saturated carbocycles. The van der Waals surface area contributed by atoms with E-state index in [-0.39, 0.29) is 0 Å². The van der Waals surface area contributed by atoms with E-state index in [1.807, 2.05) is 0 Å². The molecule has 1 fully saturated rings. The predicted octanol–water partition coefficient (Wildman–Crippen LogP) is 5.40. The third kappa shape index (κ3) is 3.63. The second-order valence-electron chi connectivity index (χ2n) is 6.41. The van der Waals surface area contributed by atoms with Crippen LogP contribution in [0.3, 0.4) is 0 Å². The van der Waals surface area contributed by atoms with E-state index >= 15 is 0 Å². The predicted molar refractivity (Wildman–Crippen MR) is 103 cm³/mol. The van der Waals surface area contributed by atoms with Gasteiger partial charge in [-0.05, 0) is 29.5 Å². The minimum Gasteiger partial charge on any atom is -0.277 e. The lowest BCUT2D eigenvalue weighted by Gasteiger charge is -1.99. The zero-order valence-electron chi connectivity index (χ0n) is 14.2. The topological polar surface area (TPSA) is 15.4 Å². The fraction of sp³-hybridized carbons (Fsp3) is 0.174. The largest absolute Gasteiger partial charge is 0.277 e. The fourth-order valence-corrected chi connectivity index (χ4v) is 3.36. The van der Waals surface area contributed by atoms with Gasteiger partial charge in [0.1, 0.15) is 0 Å². The number of aryl methyl sites for hydroxylation is 1. The molecule has 1 aliphatic heterocycles. The molecular formula is C23H22N2. The Morgan fingerprint density at radius 2 is 1.16 bits per heavy atom. The molecule has 2 nitrogen and oxygen atoms in total. The van der Waals surface area contributed by atoms with Crippen molar-refractivity contribution in [3.05, 3.63) is 108 Å². The van der Waals surface area contributed by atoms with Gasteiger partial charge in [-0.3, -0.25) is 5.01 Å². The van der Waals surface area contributed by atoms with Gasteiger partial charge in [0.05, 0.1) is 12.1 Å². The number of hydrogen-bond acceptors (Lipinski definition) is 2. The molecule has 3 aromatic rings. The Morgan fingerprint density at radius 3 is 1.68 bits per heavy atom. The Hall–Kier alpha value is -2.87. The third-order valence-corrected chi connectivity index (χ3v) is 4.68. The van der Waals surface area contributed by atoms with Crippen LogP contribution in [-0.4, -0.2) is 11.2 Å². The van der Waals surface area contributed by atoms with Crippen LogP contribution in [0, 0.1) is 0 Å². The Morgan fingerprint density at radius 1 is 0.680 bits per heavy atom. The second kappa shape index (κ2) is 7.35. The SMILES string of the molecule is C(CCc1ccccc1)=NN1[C@H](c2ccccc2)[C@H]1c1ccccc1. The Kier molecular flexibility index (Phi) is 4.60. The van der Waals surface area contributed by atoms with E-state index < -0.39 is 0 Å². The van der Waals surface area contributed by atoms with Crippen molar-refractivity contribution in [1.82, 2.24) is 5.01 Å². The molecule has 4 rings (SSSR count). The highest BCUT2D eigenvalue weighted by atomic mass is 15.6. The average molecular weight is 326 g/mol. The lowest BCUT2D eigenvalue weighted by molar-refractivity contribution is 0.522. The van der Waals surface area contributed by atoms with Gasteiger partial charge in [-0.25, -0.2) is 0 Å². The summed E-state index contributed by atoms with van der Waals surface area (Å²) in [6.07, 6.45) is 4.06. The van der Waals surface area contributed by atoms with Crippen LogP contribution in [0.25, 0.3) is 0 Å². The summed E-state index contributed by atoms with van der Waals surface area (Å²) in [6.45, 7) is 0. The number of nitrogens with zero attached hydrogens (tertiary/aromatic N) is 2. The standard InChI is InChI=1S/C23H22N2/c1-4-11-19(12-5-1)13-10-18-24-25-22(20-14-6-2-7-15-20)23(25)21-16-8-3-9-17-21/h1-9,11-12,14-18,22-23H,10,13H2/t22-,23-/m1/s1. The normalized spacial score (nSPS) is 19.3. The Bertz CT molecular complexity index is 767. The minimum absolute atomic E-state index is 0.344. The Labute approximate surface area is 149 Å². The summed E-state index contributed by atoms with van der Waals surface area (Å²) in [7, 11) is 0. The van der Waals surface area contributed by atoms with Gasteiger partial charge in [-0.15, -0.1) is 0 Å². The first-order valence-corrected chi connectivity index (χ1v) is 8.88. The van der Waals surface area contributed by atoms with Crippen molar-refractivity contribution in [2.75, 3.05) is 0 Å².